The molecule has 136 valence electrons. The Labute approximate surface area is 149 Å². The molecular formula is C19H28N4O2. The van der Waals surface area contributed by atoms with Crippen LogP contribution in [-0.2, 0) is 6.54 Å². The number of hydrogen-bond acceptors (Lipinski definition) is 3. The number of aromatic nitrogens is 2. The van der Waals surface area contributed by atoms with Gasteiger partial charge < -0.3 is 15.7 Å². The normalized spacial score (nSPS) is 13.3. The summed E-state index contributed by atoms with van der Waals surface area (Å²) in [5.74, 6) is 0.0625. The van der Waals surface area contributed by atoms with E-state index in [-0.39, 0.29) is 11.9 Å². The van der Waals surface area contributed by atoms with E-state index >= 15 is 0 Å². The van der Waals surface area contributed by atoms with Crippen molar-refractivity contribution in [3.05, 3.63) is 47.3 Å². The number of nitrogens with zero attached hydrogens (tertiary/aromatic N) is 2. The van der Waals surface area contributed by atoms with Gasteiger partial charge in [0.2, 0.25) is 0 Å². The van der Waals surface area contributed by atoms with Crippen molar-refractivity contribution >= 4 is 11.7 Å². The van der Waals surface area contributed by atoms with Crippen molar-refractivity contribution in [2.75, 3.05) is 11.9 Å². The minimum Gasteiger partial charge on any atom is -0.393 e. The molecule has 0 aliphatic carbocycles. The van der Waals surface area contributed by atoms with Gasteiger partial charge in [-0.25, -0.2) is 4.79 Å². The van der Waals surface area contributed by atoms with Crippen LogP contribution in [0.5, 0.6) is 0 Å². The van der Waals surface area contributed by atoms with E-state index in [1.54, 1.807) is 6.92 Å². The van der Waals surface area contributed by atoms with Gasteiger partial charge in [-0.3, -0.25) is 4.68 Å². The summed E-state index contributed by atoms with van der Waals surface area (Å²) in [6.45, 7) is 8.83. The molecular weight excluding hydrogens is 316 g/mol. The summed E-state index contributed by atoms with van der Waals surface area (Å²) in [7, 11) is 0. The SMILES string of the molecule is CCn1nc(C)c(NC(=O)NCC(CC(C)O)c2ccccc2)c1C. The molecule has 0 saturated carbocycles. The Kier molecular flexibility index (Phi) is 6.58. The number of aryl methyl sites for hydroxylation is 2. The molecule has 25 heavy (non-hydrogen) atoms. The summed E-state index contributed by atoms with van der Waals surface area (Å²) in [6.07, 6.45) is 0.165. The highest BCUT2D eigenvalue weighted by Gasteiger charge is 2.17. The molecule has 0 bridgehead atoms. The number of nitrogens with one attached hydrogen (secondary N) is 2. The molecule has 0 spiro atoms. The van der Waals surface area contributed by atoms with Gasteiger partial charge in [-0.2, -0.15) is 5.10 Å². The van der Waals surface area contributed by atoms with Crippen LogP contribution in [0, 0.1) is 13.8 Å². The van der Waals surface area contributed by atoms with Crippen LogP contribution in [0.2, 0.25) is 0 Å². The highest BCUT2D eigenvalue weighted by Crippen LogP contribution is 2.21. The molecule has 0 radical (unpaired) electrons. The fraction of sp³-hybridized carbons (Fsp3) is 0.474. The van der Waals surface area contributed by atoms with Gasteiger partial charge in [-0.05, 0) is 39.7 Å². The number of carbonyl (C=O) groups is 1. The number of urea groups is 1. The van der Waals surface area contributed by atoms with E-state index in [2.05, 4.69) is 15.7 Å². The molecule has 6 heteroatoms. The maximum Gasteiger partial charge on any atom is 0.319 e. The first kappa shape index (κ1) is 19.0. The predicted molar refractivity (Wildman–Crippen MR) is 99.9 cm³/mol. The van der Waals surface area contributed by atoms with E-state index in [4.69, 9.17) is 0 Å². The molecule has 0 saturated heterocycles. The summed E-state index contributed by atoms with van der Waals surface area (Å²) in [5, 5.41) is 20.0. The summed E-state index contributed by atoms with van der Waals surface area (Å²) in [4.78, 5) is 12.3. The van der Waals surface area contributed by atoms with Crippen molar-refractivity contribution in [3.63, 3.8) is 0 Å². The molecule has 2 atom stereocenters. The average molecular weight is 344 g/mol. The fourth-order valence-corrected chi connectivity index (χ4v) is 3.03. The van der Waals surface area contributed by atoms with Gasteiger partial charge >= 0.3 is 6.03 Å². The quantitative estimate of drug-likeness (QED) is 0.722. The van der Waals surface area contributed by atoms with Crippen LogP contribution in [0.15, 0.2) is 30.3 Å². The smallest absolute Gasteiger partial charge is 0.319 e. The zero-order chi connectivity index (χ0) is 18.4. The second-order valence-corrected chi connectivity index (χ2v) is 6.39. The van der Waals surface area contributed by atoms with Crippen molar-refractivity contribution in [3.8, 4) is 0 Å². The predicted octanol–water partition coefficient (Wildman–Crippen LogP) is 3.20. The topological polar surface area (TPSA) is 79.2 Å². The van der Waals surface area contributed by atoms with E-state index in [0.29, 0.717) is 13.0 Å². The van der Waals surface area contributed by atoms with E-state index in [1.165, 1.54) is 0 Å². The third kappa shape index (κ3) is 5.06. The first-order chi connectivity index (χ1) is 11.9. The van der Waals surface area contributed by atoms with Gasteiger partial charge in [0.1, 0.15) is 0 Å². The van der Waals surface area contributed by atoms with Crippen molar-refractivity contribution in [1.82, 2.24) is 15.1 Å². The standard InChI is InChI=1S/C19H28N4O2/c1-5-23-15(4)18(14(3)22-23)21-19(25)20-12-17(11-13(2)24)16-9-7-6-8-10-16/h6-10,13,17,24H,5,11-12H2,1-4H3,(H2,20,21,25). The van der Waals surface area contributed by atoms with Crippen LogP contribution < -0.4 is 10.6 Å². The third-order valence-corrected chi connectivity index (χ3v) is 4.33. The molecule has 0 fully saturated rings. The lowest BCUT2D eigenvalue weighted by Crippen LogP contribution is -2.33. The maximum atomic E-state index is 12.3. The van der Waals surface area contributed by atoms with Crippen molar-refractivity contribution in [1.29, 1.82) is 0 Å². The number of rotatable bonds is 7. The van der Waals surface area contributed by atoms with Crippen LogP contribution in [-0.4, -0.2) is 33.6 Å². The van der Waals surface area contributed by atoms with Crippen LogP contribution in [0.3, 0.4) is 0 Å². The van der Waals surface area contributed by atoms with Gasteiger partial charge in [0.25, 0.3) is 0 Å². The largest absolute Gasteiger partial charge is 0.393 e. The molecule has 2 unspecified atom stereocenters. The highest BCUT2D eigenvalue weighted by atomic mass is 16.3. The van der Waals surface area contributed by atoms with Gasteiger partial charge in [-0.15, -0.1) is 0 Å². The molecule has 1 aromatic carbocycles. The monoisotopic (exact) mass is 344 g/mol. The van der Waals surface area contributed by atoms with Gasteiger partial charge in [-0.1, -0.05) is 30.3 Å². The first-order valence-corrected chi connectivity index (χ1v) is 8.74. The van der Waals surface area contributed by atoms with Gasteiger partial charge in [0.05, 0.1) is 23.2 Å². The van der Waals surface area contributed by atoms with Crippen LogP contribution >= 0.6 is 0 Å². The van der Waals surface area contributed by atoms with Crippen LogP contribution in [0.1, 0.15) is 43.1 Å². The molecule has 0 aliphatic heterocycles. The number of aliphatic hydroxyl groups excluding tert-OH is 1. The first-order valence-electron chi connectivity index (χ1n) is 8.74. The molecule has 3 N–H and O–H groups in total. The fourth-order valence-electron chi connectivity index (χ4n) is 3.03. The Morgan fingerprint density at radius 2 is 1.96 bits per heavy atom. The highest BCUT2D eigenvalue weighted by molar-refractivity contribution is 5.90. The lowest BCUT2D eigenvalue weighted by molar-refractivity contribution is 0.173. The van der Waals surface area contributed by atoms with E-state index in [9.17, 15) is 9.90 Å². The second-order valence-electron chi connectivity index (χ2n) is 6.39. The molecule has 0 aliphatic rings. The van der Waals surface area contributed by atoms with Crippen LogP contribution in [0.4, 0.5) is 10.5 Å². The maximum absolute atomic E-state index is 12.3. The van der Waals surface area contributed by atoms with E-state index in [0.717, 1.165) is 29.2 Å². The van der Waals surface area contributed by atoms with Crippen molar-refractivity contribution in [2.24, 2.45) is 0 Å². The molecule has 6 nitrogen and oxygen atoms in total. The second kappa shape index (κ2) is 8.67. The molecule has 1 heterocycles. The third-order valence-electron chi connectivity index (χ3n) is 4.33. The van der Waals surface area contributed by atoms with Gasteiger partial charge in [0.15, 0.2) is 0 Å². The number of amides is 2. The minimum atomic E-state index is -0.428. The number of hydrogen-bond donors (Lipinski definition) is 3. The van der Waals surface area contributed by atoms with Gasteiger partial charge in [0, 0.05) is 19.0 Å². The Balaban J connectivity index is 2.00. The molecule has 2 rings (SSSR count). The summed E-state index contributed by atoms with van der Waals surface area (Å²) < 4.78 is 1.87. The molecule has 2 aromatic rings. The summed E-state index contributed by atoms with van der Waals surface area (Å²) in [5.41, 5.74) is 3.61. The van der Waals surface area contributed by atoms with Crippen molar-refractivity contribution < 1.29 is 9.90 Å². The Hall–Kier alpha value is -2.34. The zero-order valence-electron chi connectivity index (χ0n) is 15.4. The van der Waals surface area contributed by atoms with Crippen LogP contribution in [0.25, 0.3) is 0 Å². The summed E-state index contributed by atoms with van der Waals surface area (Å²) >= 11 is 0. The lowest BCUT2D eigenvalue weighted by atomic mass is 9.93. The lowest BCUT2D eigenvalue weighted by Gasteiger charge is -2.20. The van der Waals surface area contributed by atoms with E-state index in [1.807, 2.05) is 55.8 Å². The van der Waals surface area contributed by atoms with E-state index < -0.39 is 6.10 Å². The Morgan fingerprint density at radius 1 is 1.28 bits per heavy atom. The number of aliphatic hydroxyl groups is 1. The Morgan fingerprint density at radius 3 is 2.52 bits per heavy atom. The number of benzene rings is 1. The average Bonchev–Trinajstić information content (AvgIpc) is 2.86. The molecule has 2 amide bonds. The number of carbonyl (C=O) groups excluding carboxylic acids is 1. The minimum absolute atomic E-state index is 0.0625. The number of anilines is 1. The summed E-state index contributed by atoms with van der Waals surface area (Å²) in [6, 6.07) is 9.68. The van der Waals surface area contributed by atoms with Crippen molar-refractivity contribution in [2.45, 2.75) is 52.7 Å². The zero-order valence-corrected chi connectivity index (χ0v) is 15.4. The molecule has 1 aromatic heterocycles. The Bertz CT molecular complexity index is 695.